The third-order valence-corrected chi connectivity index (χ3v) is 4.38. The van der Waals surface area contributed by atoms with Crippen LogP contribution < -0.4 is 5.73 Å². The molecular formula is C12H16N2O2S. The fraction of sp³-hybridized carbons (Fsp3) is 0.500. The first-order valence-electron chi connectivity index (χ1n) is 5.82. The number of thioether (sulfide) groups is 1. The first-order valence-corrected chi connectivity index (χ1v) is 6.70. The Morgan fingerprint density at radius 3 is 2.82 bits per heavy atom. The predicted molar refractivity (Wildman–Crippen MR) is 69.2 cm³/mol. The number of hydrogen-bond acceptors (Lipinski definition) is 4. The first kappa shape index (κ1) is 12.4. The molecule has 1 aromatic carbocycles. The van der Waals surface area contributed by atoms with Crippen LogP contribution in [0.5, 0.6) is 0 Å². The quantitative estimate of drug-likeness (QED) is 0.663. The largest absolute Gasteiger partial charge is 0.328 e. The van der Waals surface area contributed by atoms with E-state index >= 15 is 0 Å². The Balaban J connectivity index is 2.10. The maximum atomic E-state index is 10.9. The molecule has 0 radical (unpaired) electrons. The number of hydrogen-bond donors (Lipinski definition) is 1. The van der Waals surface area contributed by atoms with E-state index in [4.69, 9.17) is 5.73 Å². The van der Waals surface area contributed by atoms with E-state index in [0.29, 0.717) is 5.25 Å². The topological polar surface area (TPSA) is 69.2 Å². The van der Waals surface area contributed by atoms with E-state index in [0.717, 1.165) is 30.6 Å². The molecule has 0 amide bonds. The minimum absolute atomic E-state index is 0.205. The summed E-state index contributed by atoms with van der Waals surface area (Å²) in [5, 5.41) is 11.3. The zero-order valence-corrected chi connectivity index (χ0v) is 10.4. The third kappa shape index (κ3) is 3.20. The summed E-state index contributed by atoms with van der Waals surface area (Å²) in [5.74, 6) is 0. The maximum absolute atomic E-state index is 10.9. The van der Waals surface area contributed by atoms with Gasteiger partial charge in [-0.1, -0.05) is 18.6 Å². The summed E-state index contributed by atoms with van der Waals surface area (Å²) in [7, 11) is 0. The van der Waals surface area contributed by atoms with Crippen molar-refractivity contribution in [3.8, 4) is 0 Å². The molecule has 1 aromatic rings. The smallest absolute Gasteiger partial charge is 0.282 e. The van der Waals surface area contributed by atoms with Crippen LogP contribution >= 0.6 is 11.8 Å². The van der Waals surface area contributed by atoms with Crippen molar-refractivity contribution in [3.05, 3.63) is 34.4 Å². The van der Waals surface area contributed by atoms with Crippen molar-refractivity contribution >= 4 is 17.4 Å². The average molecular weight is 252 g/mol. The van der Waals surface area contributed by atoms with E-state index in [1.54, 1.807) is 23.9 Å². The van der Waals surface area contributed by atoms with Crippen LogP contribution in [0.2, 0.25) is 0 Å². The molecule has 1 saturated carbocycles. The Morgan fingerprint density at radius 1 is 1.35 bits per heavy atom. The van der Waals surface area contributed by atoms with E-state index in [-0.39, 0.29) is 16.7 Å². The third-order valence-electron chi connectivity index (χ3n) is 3.02. The highest BCUT2D eigenvalue weighted by atomic mass is 32.2. The summed E-state index contributed by atoms with van der Waals surface area (Å²) in [4.78, 5) is 11.3. The molecule has 0 aliphatic heterocycles. The van der Waals surface area contributed by atoms with E-state index in [1.807, 2.05) is 12.1 Å². The van der Waals surface area contributed by atoms with Gasteiger partial charge >= 0.3 is 0 Å². The lowest BCUT2D eigenvalue weighted by Crippen LogP contribution is -2.29. The number of nitro benzene ring substituents is 1. The summed E-state index contributed by atoms with van der Waals surface area (Å²) < 4.78 is 0. The second-order valence-electron chi connectivity index (χ2n) is 4.39. The van der Waals surface area contributed by atoms with Gasteiger partial charge in [0.1, 0.15) is 0 Å². The number of nitro groups is 1. The van der Waals surface area contributed by atoms with E-state index in [2.05, 4.69) is 0 Å². The minimum atomic E-state index is -0.314. The van der Waals surface area contributed by atoms with E-state index < -0.39 is 0 Å². The van der Waals surface area contributed by atoms with Gasteiger partial charge in [-0.25, -0.2) is 0 Å². The van der Waals surface area contributed by atoms with Gasteiger partial charge in [0, 0.05) is 17.4 Å². The monoisotopic (exact) mass is 252 g/mol. The van der Waals surface area contributed by atoms with Gasteiger partial charge in [0.2, 0.25) is 0 Å². The summed E-state index contributed by atoms with van der Waals surface area (Å²) in [5.41, 5.74) is 6.13. The molecule has 0 spiro atoms. The summed E-state index contributed by atoms with van der Waals surface area (Å²) in [6, 6.07) is 7.19. The molecule has 4 nitrogen and oxygen atoms in total. The summed E-state index contributed by atoms with van der Waals surface area (Å²) in [6.07, 6.45) is 4.26. The van der Waals surface area contributed by atoms with Gasteiger partial charge in [-0.3, -0.25) is 10.1 Å². The molecule has 0 saturated heterocycles. The molecule has 1 aliphatic rings. The molecule has 2 unspecified atom stereocenters. The van der Waals surface area contributed by atoms with Crippen LogP contribution in [0, 0.1) is 10.1 Å². The van der Waals surface area contributed by atoms with Crippen LogP contribution in [-0.2, 0) is 0 Å². The van der Waals surface area contributed by atoms with Crippen molar-refractivity contribution in [1.82, 2.24) is 0 Å². The van der Waals surface area contributed by atoms with Crippen molar-refractivity contribution in [2.45, 2.75) is 41.9 Å². The van der Waals surface area contributed by atoms with Gasteiger partial charge < -0.3 is 5.73 Å². The zero-order valence-electron chi connectivity index (χ0n) is 9.54. The SMILES string of the molecule is NC1CCCC(Sc2ccccc2[N+](=O)[O-])C1. The fourth-order valence-electron chi connectivity index (χ4n) is 2.18. The first-order chi connectivity index (χ1) is 8.16. The standard InChI is InChI=1S/C12H16N2O2S/c13-9-4-3-5-10(8-9)17-12-7-2-1-6-11(12)14(15)16/h1-2,6-7,9-10H,3-5,8,13H2. The number of benzene rings is 1. The van der Waals surface area contributed by atoms with Crippen LogP contribution in [0.1, 0.15) is 25.7 Å². The highest BCUT2D eigenvalue weighted by molar-refractivity contribution is 8.00. The Kier molecular flexibility index (Phi) is 4.02. The van der Waals surface area contributed by atoms with Crippen molar-refractivity contribution in [3.63, 3.8) is 0 Å². The molecule has 2 atom stereocenters. The maximum Gasteiger partial charge on any atom is 0.282 e. The Morgan fingerprint density at radius 2 is 2.12 bits per heavy atom. The van der Waals surface area contributed by atoms with Crippen LogP contribution in [-0.4, -0.2) is 16.2 Å². The molecule has 2 rings (SSSR count). The number of nitrogens with zero attached hydrogens (tertiary/aromatic N) is 1. The molecular weight excluding hydrogens is 236 g/mol. The van der Waals surface area contributed by atoms with Gasteiger partial charge in [0.05, 0.1) is 9.82 Å². The Labute approximate surface area is 105 Å². The second kappa shape index (κ2) is 5.51. The van der Waals surface area contributed by atoms with Gasteiger partial charge in [0.15, 0.2) is 0 Å². The molecule has 0 heterocycles. The molecule has 5 heteroatoms. The minimum Gasteiger partial charge on any atom is -0.328 e. The normalized spacial score (nSPS) is 24.5. The molecule has 1 aliphatic carbocycles. The number of nitrogens with two attached hydrogens (primary N) is 1. The fourth-order valence-corrected chi connectivity index (χ4v) is 3.58. The average Bonchev–Trinajstić information content (AvgIpc) is 2.29. The number of rotatable bonds is 3. The van der Waals surface area contributed by atoms with Crippen molar-refractivity contribution in [1.29, 1.82) is 0 Å². The van der Waals surface area contributed by atoms with Crippen molar-refractivity contribution in [2.24, 2.45) is 5.73 Å². The zero-order chi connectivity index (χ0) is 12.3. The lowest BCUT2D eigenvalue weighted by Gasteiger charge is -2.25. The molecule has 17 heavy (non-hydrogen) atoms. The highest BCUT2D eigenvalue weighted by Crippen LogP contribution is 2.37. The van der Waals surface area contributed by atoms with Gasteiger partial charge in [-0.2, -0.15) is 0 Å². The van der Waals surface area contributed by atoms with Crippen LogP contribution in [0.3, 0.4) is 0 Å². The van der Waals surface area contributed by atoms with Gasteiger partial charge in [-0.05, 0) is 25.3 Å². The van der Waals surface area contributed by atoms with E-state index in [1.165, 1.54) is 0 Å². The van der Waals surface area contributed by atoms with Crippen LogP contribution in [0.4, 0.5) is 5.69 Å². The van der Waals surface area contributed by atoms with E-state index in [9.17, 15) is 10.1 Å². The summed E-state index contributed by atoms with van der Waals surface area (Å²) >= 11 is 1.60. The molecule has 2 N–H and O–H groups in total. The molecule has 0 bridgehead atoms. The predicted octanol–water partition coefficient (Wildman–Crippen LogP) is 2.96. The Hall–Kier alpha value is -1.07. The lowest BCUT2D eigenvalue weighted by atomic mass is 9.96. The Bertz CT molecular complexity index is 411. The van der Waals surface area contributed by atoms with Crippen molar-refractivity contribution < 1.29 is 4.92 Å². The van der Waals surface area contributed by atoms with Crippen LogP contribution in [0.25, 0.3) is 0 Å². The number of para-hydroxylation sites is 1. The van der Waals surface area contributed by atoms with Crippen molar-refractivity contribution in [2.75, 3.05) is 0 Å². The second-order valence-corrected chi connectivity index (χ2v) is 5.73. The van der Waals surface area contributed by atoms with Crippen LogP contribution in [0.15, 0.2) is 29.2 Å². The van der Waals surface area contributed by atoms with Gasteiger partial charge in [-0.15, -0.1) is 11.8 Å². The molecule has 0 aromatic heterocycles. The molecule has 1 fully saturated rings. The molecule has 92 valence electrons. The van der Waals surface area contributed by atoms with Gasteiger partial charge in [0.25, 0.3) is 5.69 Å². The highest BCUT2D eigenvalue weighted by Gasteiger charge is 2.23. The summed E-state index contributed by atoms with van der Waals surface area (Å²) in [6.45, 7) is 0. The lowest BCUT2D eigenvalue weighted by molar-refractivity contribution is -0.387.